The van der Waals surface area contributed by atoms with Gasteiger partial charge in [0, 0.05) is 25.8 Å². The number of piperazine rings is 1. The molecular weight excluding hydrogens is 321 g/mol. The number of nitrogens with zero attached hydrogens (tertiary/aromatic N) is 3. The van der Waals surface area contributed by atoms with Crippen LogP contribution in [0, 0.1) is 5.82 Å². The molecule has 0 saturated carbocycles. The number of carbonyl (C=O) groups is 2. The lowest BCUT2D eigenvalue weighted by atomic mass is 9.96. The summed E-state index contributed by atoms with van der Waals surface area (Å²) in [6.07, 6.45) is 2.37. The fraction of sp³-hybridized carbons (Fsp3) is 0.316. The number of rotatable bonds is 3. The highest BCUT2D eigenvalue weighted by Crippen LogP contribution is 2.26. The van der Waals surface area contributed by atoms with Crippen molar-refractivity contribution >= 4 is 11.8 Å². The van der Waals surface area contributed by atoms with Gasteiger partial charge in [-0.2, -0.15) is 0 Å². The Labute approximate surface area is 146 Å². The largest absolute Gasteiger partial charge is 0.335 e. The standard InChI is InChI=1S/C19H20FN3O2/c1-19(2)18(25)22(13-14-6-4-3-5-7-14)8-9-23(19)17(24)15-10-16(20)12-21-11-15/h3-7,10-12H,8-9,13H2,1-2H3. The van der Waals surface area contributed by atoms with E-state index in [1.165, 1.54) is 11.1 Å². The lowest BCUT2D eigenvalue weighted by Gasteiger charge is -2.46. The zero-order valence-electron chi connectivity index (χ0n) is 14.3. The Morgan fingerprint density at radius 2 is 1.92 bits per heavy atom. The zero-order chi connectivity index (χ0) is 18.0. The van der Waals surface area contributed by atoms with Crippen molar-refractivity contribution in [3.8, 4) is 0 Å². The Morgan fingerprint density at radius 3 is 2.60 bits per heavy atom. The first-order valence-electron chi connectivity index (χ1n) is 8.15. The number of aromatic nitrogens is 1. The molecule has 0 N–H and O–H groups in total. The smallest absolute Gasteiger partial charge is 0.256 e. The summed E-state index contributed by atoms with van der Waals surface area (Å²) in [6.45, 7) is 4.77. The van der Waals surface area contributed by atoms with Gasteiger partial charge in [-0.15, -0.1) is 0 Å². The molecule has 0 atom stereocenters. The number of amides is 2. The molecule has 0 spiro atoms. The molecule has 0 bridgehead atoms. The Bertz CT molecular complexity index is 792. The minimum atomic E-state index is -1.00. The van der Waals surface area contributed by atoms with E-state index in [2.05, 4.69) is 4.98 Å². The molecule has 5 nitrogen and oxygen atoms in total. The summed E-state index contributed by atoms with van der Waals surface area (Å²) in [5.74, 6) is -1.08. The van der Waals surface area contributed by atoms with Crippen LogP contribution in [0.3, 0.4) is 0 Å². The highest BCUT2D eigenvalue weighted by molar-refractivity contribution is 5.99. The number of hydrogen-bond acceptors (Lipinski definition) is 3. The minimum absolute atomic E-state index is 0.125. The summed E-state index contributed by atoms with van der Waals surface area (Å²) in [5.41, 5.74) is 0.189. The second kappa shape index (κ2) is 6.63. The molecule has 0 aliphatic carbocycles. The van der Waals surface area contributed by atoms with Crippen LogP contribution < -0.4 is 0 Å². The highest BCUT2D eigenvalue weighted by atomic mass is 19.1. The predicted octanol–water partition coefficient (Wildman–Crippen LogP) is 2.48. The van der Waals surface area contributed by atoms with E-state index in [4.69, 9.17) is 0 Å². The highest BCUT2D eigenvalue weighted by Gasteiger charge is 2.44. The van der Waals surface area contributed by atoms with E-state index in [1.807, 2.05) is 30.3 Å². The Balaban J connectivity index is 1.79. The zero-order valence-corrected chi connectivity index (χ0v) is 14.3. The predicted molar refractivity (Wildman–Crippen MR) is 91.2 cm³/mol. The third-order valence-corrected chi connectivity index (χ3v) is 4.49. The van der Waals surface area contributed by atoms with Crippen molar-refractivity contribution in [3.05, 3.63) is 65.7 Å². The van der Waals surface area contributed by atoms with E-state index in [0.717, 1.165) is 17.8 Å². The maximum absolute atomic E-state index is 13.4. The average Bonchev–Trinajstić information content (AvgIpc) is 2.59. The van der Waals surface area contributed by atoms with Gasteiger partial charge in [0.05, 0.1) is 11.8 Å². The first kappa shape index (κ1) is 17.1. The van der Waals surface area contributed by atoms with Crippen LogP contribution in [0.2, 0.25) is 0 Å². The van der Waals surface area contributed by atoms with E-state index >= 15 is 0 Å². The molecule has 2 aromatic rings. The second-order valence-corrected chi connectivity index (χ2v) is 6.62. The molecule has 1 aliphatic heterocycles. The molecule has 3 rings (SSSR count). The van der Waals surface area contributed by atoms with Crippen LogP contribution in [-0.4, -0.2) is 45.2 Å². The van der Waals surface area contributed by atoms with Crippen molar-refractivity contribution in [2.75, 3.05) is 13.1 Å². The van der Waals surface area contributed by atoms with Crippen molar-refractivity contribution in [2.24, 2.45) is 0 Å². The number of carbonyl (C=O) groups excluding carboxylic acids is 2. The number of halogens is 1. The van der Waals surface area contributed by atoms with Crippen molar-refractivity contribution in [1.29, 1.82) is 0 Å². The van der Waals surface area contributed by atoms with Crippen LogP contribution in [-0.2, 0) is 11.3 Å². The van der Waals surface area contributed by atoms with Gasteiger partial charge in [-0.1, -0.05) is 30.3 Å². The molecule has 25 heavy (non-hydrogen) atoms. The summed E-state index contributed by atoms with van der Waals surface area (Å²) in [4.78, 5) is 32.6. The second-order valence-electron chi connectivity index (χ2n) is 6.62. The molecule has 1 aromatic carbocycles. The lowest BCUT2D eigenvalue weighted by molar-refractivity contribution is -0.147. The van der Waals surface area contributed by atoms with Gasteiger partial charge in [-0.3, -0.25) is 14.6 Å². The lowest BCUT2D eigenvalue weighted by Crippen LogP contribution is -2.64. The summed E-state index contributed by atoms with van der Waals surface area (Å²) in [6, 6.07) is 10.9. The number of benzene rings is 1. The third-order valence-electron chi connectivity index (χ3n) is 4.49. The molecule has 1 saturated heterocycles. The fourth-order valence-corrected chi connectivity index (χ4v) is 3.10. The molecule has 0 radical (unpaired) electrons. The van der Waals surface area contributed by atoms with Crippen LogP contribution in [0.15, 0.2) is 48.8 Å². The summed E-state index contributed by atoms with van der Waals surface area (Å²) in [5, 5.41) is 0. The normalized spacial score (nSPS) is 16.8. The van der Waals surface area contributed by atoms with Crippen LogP contribution in [0.4, 0.5) is 4.39 Å². The first-order chi connectivity index (χ1) is 11.9. The first-order valence-corrected chi connectivity index (χ1v) is 8.15. The van der Waals surface area contributed by atoms with Gasteiger partial charge in [-0.25, -0.2) is 4.39 Å². The van der Waals surface area contributed by atoms with Crippen molar-refractivity contribution in [2.45, 2.75) is 25.9 Å². The van der Waals surface area contributed by atoms with Crippen molar-refractivity contribution in [1.82, 2.24) is 14.8 Å². The topological polar surface area (TPSA) is 53.5 Å². The van der Waals surface area contributed by atoms with E-state index < -0.39 is 11.4 Å². The van der Waals surface area contributed by atoms with Crippen LogP contribution >= 0.6 is 0 Å². The maximum atomic E-state index is 13.4. The van der Waals surface area contributed by atoms with E-state index in [1.54, 1.807) is 18.7 Å². The Kier molecular flexibility index (Phi) is 4.53. The number of pyridine rings is 1. The monoisotopic (exact) mass is 341 g/mol. The van der Waals surface area contributed by atoms with Crippen LogP contribution in [0.1, 0.15) is 29.8 Å². The molecule has 6 heteroatoms. The van der Waals surface area contributed by atoms with E-state index in [0.29, 0.717) is 19.6 Å². The van der Waals surface area contributed by atoms with Crippen LogP contribution in [0.5, 0.6) is 0 Å². The Hall–Kier alpha value is -2.76. The maximum Gasteiger partial charge on any atom is 0.256 e. The van der Waals surface area contributed by atoms with Gasteiger partial charge in [0.25, 0.3) is 5.91 Å². The summed E-state index contributed by atoms with van der Waals surface area (Å²) < 4.78 is 13.4. The molecule has 1 aromatic heterocycles. The SMILES string of the molecule is CC1(C)C(=O)N(Cc2ccccc2)CCN1C(=O)c1cncc(F)c1. The van der Waals surface area contributed by atoms with Crippen LogP contribution in [0.25, 0.3) is 0 Å². The van der Waals surface area contributed by atoms with Gasteiger partial charge in [0.15, 0.2) is 0 Å². The summed E-state index contributed by atoms with van der Waals surface area (Å²) in [7, 11) is 0. The van der Waals surface area contributed by atoms with Gasteiger partial charge in [-0.05, 0) is 25.5 Å². The quantitative estimate of drug-likeness (QED) is 0.862. The van der Waals surface area contributed by atoms with Crippen molar-refractivity contribution < 1.29 is 14.0 Å². The van der Waals surface area contributed by atoms with Crippen molar-refractivity contribution in [3.63, 3.8) is 0 Å². The molecular formula is C19H20FN3O2. The van der Waals surface area contributed by atoms with Gasteiger partial charge in [0.2, 0.25) is 5.91 Å². The molecule has 0 unspecified atom stereocenters. The minimum Gasteiger partial charge on any atom is -0.335 e. The third kappa shape index (κ3) is 3.38. The summed E-state index contributed by atoms with van der Waals surface area (Å²) >= 11 is 0. The molecule has 2 amide bonds. The fourth-order valence-electron chi connectivity index (χ4n) is 3.10. The molecule has 1 aliphatic rings. The van der Waals surface area contributed by atoms with Gasteiger partial charge >= 0.3 is 0 Å². The molecule has 2 heterocycles. The van der Waals surface area contributed by atoms with Gasteiger partial charge in [0.1, 0.15) is 11.4 Å². The van der Waals surface area contributed by atoms with Gasteiger partial charge < -0.3 is 9.80 Å². The van der Waals surface area contributed by atoms with E-state index in [-0.39, 0.29) is 17.4 Å². The molecule has 130 valence electrons. The Morgan fingerprint density at radius 1 is 1.20 bits per heavy atom. The number of hydrogen-bond donors (Lipinski definition) is 0. The average molecular weight is 341 g/mol. The molecule has 1 fully saturated rings. The van der Waals surface area contributed by atoms with E-state index in [9.17, 15) is 14.0 Å².